The van der Waals surface area contributed by atoms with E-state index in [1.165, 1.54) is 41.6 Å². The summed E-state index contributed by atoms with van der Waals surface area (Å²) in [6, 6.07) is 6.33. The fourth-order valence-electron chi connectivity index (χ4n) is 4.40. The van der Waals surface area contributed by atoms with Gasteiger partial charge in [0.15, 0.2) is 0 Å². The first-order valence-electron chi connectivity index (χ1n) is 8.50. The molecule has 1 aromatic carbocycles. The summed E-state index contributed by atoms with van der Waals surface area (Å²) in [5.74, 6) is 0.690. The van der Waals surface area contributed by atoms with Gasteiger partial charge in [-0.3, -0.25) is 9.69 Å². The summed E-state index contributed by atoms with van der Waals surface area (Å²) in [7, 11) is 0. The Morgan fingerprint density at radius 1 is 1.29 bits per heavy atom. The van der Waals surface area contributed by atoms with Gasteiger partial charge in [0.2, 0.25) is 0 Å². The molecule has 5 heteroatoms. The normalized spacial score (nSPS) is 27.7. The Labute approximate surface area is 153 Å². The number of hydrogen-bond acceptors (Lipinski definition) is 3. The molecule has 0 aliphatic carbocycles. The van der Waals surface area contributed by atoms with Crippen LogP contribution in [0.15, 0.2) is 23.6 Å². The Morgan fingerprint density at radius 2 is 2.00 bits per heavy atom. The van der Waals surface area contributed by atoms with E-state index in [2.05, 4.69) is 42.4 Å². The number of hydrogen-bond donors (Lipinski definition) is 1. The quantitative estimate of drug-likeness (QED) is 0.864. The highest BCUT2D eigenvalue weighted by atomic mass is 35.5. The van der Waals surface area contributed by atoms with Gasteiger partial charge in [-0.25, -0.2) is 0 Å². The van der Waals surface area contributed by atoms with Crippen LogP contribution in [0, 0.1) is 12.8 Å². The molecule has 3 aliphatic rings. The predicted molar refractivity (Wildman–Crippen MR) is 103 cm³/mol. The Morgan fingerprint density at radius 3 is 2.67 bits per heavy atom. The molecule has 1 atom stereocenters. The molecule has 3 aliphatic heterocycles. The van der Waals surface area contributed by atoms with E-state index in [1.807, 2.05) is 12.1 Å². The van der Waals surface area contributed by atoms with Crippen molar-refractivity contribution in [1.82, 2.24) is 10.2 Å². The van der Waals surface area contributed by atoms with E-state index < -0.39 is 0 Å². The molecule has 0 radical (unpaired) electrons. The average Bonchev–Trinajstić information content (AvgIpc) is 2.92. The van der Waals surface area contributed by atoms with Crippen molar-refractivity contribution in [2.75, 3.05) is 13.1 Å². The summed E-state index contributed by atoms with van der Waals surface area (Å²) in [5.41, 5.74) is 2.09. The number of rotatable bonds is 2. The smallest absolute Gasteiger partial charge is 0.251 e. The van der Waals surface area contributed by atoms with Crippen molar-refractivity contribution >= 4 is 39.7 Å². The molecule has 2 bridgehead atoms. The van der Waals surface area contributed by atoms with Gasteiger partial charge >= 0.3 is 0 Å². The van der Waals surface area contributed by atoms with Crippen molar-refractivity contribution in [3.05, 3.63) is 34.7 Å². The van der Waals surface area contributed by atoms with Crippen LogP contribution in [0.4, 0.5) is 0 Å². The van der Waals surface area contributed by atoms with Crippen LogP contribution in [0.2, 0.25) is 0 Å². The van der Waals surface area contributed by atoms with Gasteiger partial charge in [0.05, 0.1) is 0 Å². The van der Waals surface area contributed by atoms with E-state index in [9.17, 15) is 4.79 Å². The van der Waals surface area contributed by atoms with Crippen LogP contribution in [-0.2, 0) is 0 Å². The first-order chi connectivity index (χ1) is 11.0. The zero-order valence-electron chi connectivity index (χ0n) is 14.5. The second-order valence-corrected chi connectivity index (χ2v) is 8.47. The lowest BCUT2D eigenvalue weighted by atomic mass is 9.72. The molecule has 4 heterocycles. The SMILES string of the molecule is Cc1csc2ccc(C(=O)N[C@@H]3C4CCN(CC4)C3(C)C)cc12.Cl. The molecular formula is C19H25ClN2OS. The molecule has 24 heavy (non-hydrogen) atoms. The maximum absolute atomic E-state index is 12.8. The molecule has 0 saturated carbocycles. The van der Waals surface area contributed by atoms with E-state index in [0.717, 1.165) is 5.56 Å². The second kappa shape index (κ2) is 6.32. The Bertz CT molecular complexity index is 762. The summed E-state index contributed by atoms with van der Waals surface area (Å²) in [4.78, 5) is 15.4. The first-order valence-corrected chi connectivity index (χ1v) is 9.38. The van der Waals surface area contributed by atoms with Crippen molar-refractivity contribution in [1.29, 1.82) is 0 Å². The number of halogens is 1. The number of thiophene rings is 1. The minimum Gasteiger partial charge on any atom is -0.347 e. The number of benzene rings is 1. The number of piperidine rings is 3. The molecule has 3 saturated heterocycles. The second-order valence-electron chi connectivity index (χ2n) is 7.56. The van der Waals surface area contributed by atoms with E-state index in [1.54, 1.807) is 11.3 Å². The zero-order chi connectivity index (χ0) is 16.2. The molecular weight excluding hydrogens is 340 g/mol. The summed E-state index contributed by atoms with van der Waals surface area (Å²) >= 11 is 1.74. The lowest BCUT2D eigenvalue weighted by Gasteiger charge is -2.56. The highest BCUT2D eigenvalue weighted by Crippen LogP contribution is 2.39. The van der Waals surface area contributed by atoms with E-state index >= 15 is 0 Å². The first kappa shape index (κ1) is 17.7. The number of aryl methyl sites for hydroxylation is 1. The van der Waals surface area contributed by atoms with E-state index in [4.69, 9.17) is 0 Å². The standard InChI is InChI=1S/C19H24N2OS.ClH/c1-12-11-23-16-5-4-14(10-15(12)16)18(22)20-17-13-6-8-21(9-7-13)19(17,2)3;/h4-5,10-11,13,17H,6-9H2,1-3H3,(H,20,22);1H/t17-;/m1./s1. The minimum absolute atomic E-state index is 0. The summed E-state index contributed by atoms with van der Waals surface area (Å²) < 4.78 is 1.25. The van der Waals surface area contributed by atoms with Gasteiger partial charge in [-0.05, 0) is 87.1 Å². The topological polar surface area (TPSA) is 32.3 Å². The van der Waals surface area contributed by atoms with E-state index in [0.29, 0.717) is 5.92 Å². The Hall–Kier alpha value is -1.10. The fourth-order valence-corrected chi connectivity index (χ4v) is 5.32. The zero-order valence-corrected chi connectivity index (χ0v) is 16.1. The van der Waals surface area contributed by atoms with Crippen molar-refractivity contribution in [3.8, 4) is 0 Å². The van der Waals surface area contributed by atoms with Gasteiger partial charge in [-0.1, -0.05) is 0 Å². The fraction of sp³-hybridized carbons (Fsp3) is 0.526. The van der Waals surface area contributed by atoms with Gasteiger partial charge in [-0.15, -0.1) is 23.7 Å². The van der Waals surface area contributed by atoms with Crippen LogP contribution >= 0.6 is 23.7 Å². The van der Waals surface area contributed by atoms with Crippen molar-refractivity contribution in [3.63, 3.8) is 0 Å². The van der Waals surface area contributed by atoms with Gasteiger partial charge in [0.25, 0.3) is 5.91 Å². The average molecular weight is 365 g/mol. The Balaban J connectivity index is 0.00000169. The van der Waals surface area contributed by atoms with Crippen LogP contribution < -0.4 is 5.32 Å². The summed E-state index contributed by atoms with van der Waals surface area (Å²) in [6.07, 6.45) is 2.41. The number of amides is 1. The molecule has 1 aromatic heterocycles. The van der Waals surface area contributed by atoms with Gasteiger partial charge < -0.3 is 5.32 Å². The van der Waals surface area contributed by atoms with Crippen LogP contribution in [0.1, 0.15) is 42.6 Å². The van der Waals surface area contributed by atoms with Gasteiger partial charge in [0.1, 0.15) is 0 Å². The number of nitrogens with one attached hydrogen (secondary N) is 1. The summed E-state index contributed by atoms with van der Waals surface area (Å²) in [6.45, 7) is 9.00. The monoisotopic (exact) mass is 364 g/mol. The molecule has 5 rings (SSSR count). The third-order valence-electron chi connectivity index (χ3n) is 5.90. The molecule has 0 unspecified atom stereocenters. The highest BCUT2D eigenvalue weighted by molar-refractivity contribution is 7.17. The number of nitrogens with zero attached hydrogens (tertiary/aromatic N) is 1. The van der Waals surface area contributed by atoms with Crippen LogP contribution in [0.3, 0.4) is 0 Å². The molecule has 0 spiro atoms. The maximum Gasteiger partial charge on any atom is 0.251 e. The minimum atomic E-state index is 0. The molecule has 130 valence electrons. The van der Waals surface area contributed by atoms with E-state index in [-0.39, 0.29) is 29.9 Å². The lowest BCUT2D eigenvalue weighted by molar-refractivity contribution is -0.0378. The highest BCUT2D eigenvalue weighted by Gasteiger charge is 2.48. The van der Waals surface area contributed by atoms with Crippen LogP contribution in [0.5, 0.6) is 0 Å². The molecule has 3 nitrogen and oxygen atoms in total. The number of carbonyl (C=O) groups excluding carboxylic acids is 1. The lowest BCUT2D eigenvalue weighted by Crippen LogP contribution is -2.69. The largest absolute Gasteiger partial charge is 0.347 e. The van der Waals surface area contributed by atoms with Crippen molar-refractivity contribution in [2.45, 2.75) is 45.2 Å². The molecule has 2 aromatic rings. The van der Waals surface area contributed by atoms with Crippen LogP contribution in [0.25, 0.3) is 10.1 Å². The predicted octanol–water partition coefficient (Wildman–Crippen LogP) is 4.23. The number of fused-ring (bicyclic) bond motifs is 4. The van der Waals surface area contributed by atoms with Gasteiger partial charge in [-0.2, -0.15) is 0 Å². The third kappa shape index (κ3) is 2.75. The maximum atomic E-state index is 12.8. The molecule has 1 N–H and O–H groups in total. The van der Waals surface area contributed by atoms with Crippen molar-refractivity contribution < 1.29 is 4.79 Å². The Kier molecular flexibility index (Phi) is 4.67. The third-order valence-corrected chi connectivity index (χ3v) is 6.98. The van der Waals surface area contributed by atoms with Gasteiger partial charge in [0, 0.05) is 21.8 Å². The van der Waals surface area contributed by atoms with Crippen molar-refractivity contribution in [2.24, 2.45) is 5.92 Å². The summed E-state index contributed by atoms with van der Waals surface area (Å²) in [5, 5.41) is 6.72. The van der Waals surface area contributed by atoms with Crippen LogP contribution in [-0.4, -0.2) is 35.5 Å². The molecule has 1 amide bonds. The number of carbonyl (C=O) groups is 1. The molecule has 3 fully saturated rings.